The van der Waals surface area contributed by atoms with Gasteiger partial charge in [0.1, 0.15) is 5.75 Å². The molecule has 1 aromatic rings. The highest BCUT2D eigenvalue weighted by Gasteiger charge is 2.48. The molecule has 2 rings (SSSR count). The van der Waals surface area contributed by atoms with Crippen molar-refractivity contribution in [2.24, 2.45) is 0 Å². The van der Waals surface area contributed by atoms with E-state index in [4.69, 9.17) is 0 Å². The largest absolute Gasteiger partial charge is 0.506 e. The molecular formula is C10H7NO4. The number of nitrogens with one attached hydrogen (secondary N) is 1. The number of hydrogen-bond acceptors (Lipinski definition) is 5. The second kappa shape index (κ2) is 3.20. The number of ketones is 3. The molecule has 5 heteroatoms. The van der Waals surface area contributed by atoms with E-state index in [0.717, 1.165) is 0 Å². The highest BCUT2D eigenvalue weighted by Crippen LogP contribution is 2.24. The highest BCUT2D eigenvalue weighted by atomic mass is 16.3. The number of phenols is 1. The Morgan fingerprint density at radius 1 is 1.07 bits per heavy atom. The molecule has 5 nitrogen and oxygen atoms in total. The summed E-state index contributed by atoms with van der Waals surface area (Å²) in [6.07, 6.45) is 0. The van der Waals surface area contributed by atoms with E-state index in [2.05, 4.69) is 5.32 Å². The normalized spacial score (nSPS) is 16.4. The van der Waals surface area contributed by atoms with Gasteiger partial charge in [-0.3, -0.25) is 14.4 Å². The van der Waals surface area contributed by atoms with E-state index < -0.39 is 23.4 Å². The van der Waals surface area contributed by atoms with E-state index in [1.165, 1.54) is 12.1 Å². The maximum Gasteiger partial charge on any atom is 0.269 e. The van der Waals surface area contributed by atoms with Crippen LogP contribution in [0.4, 0.5) is 5.69 Å². The maximum atomic E-state index is 11.0. The smallest absolute Gasteiger partial charge is 0.269 e. The third-order valence-electron chi connectivity index (χ3n) is 2.18. The van der Waals surface area contributed by atoms with Crippen molar-refractivity contribution in [2.45, 2.75) is 6.04 Å². The minimum Gasteiger partial charge on any atom is -0.506 e. The van der Waals surface area contributed by atoms with Gasteiger partial charge in [0.05, 0.1) is 5.69 Å². The molecule has 0 saturated heterocycles. The zero-order valence-corrected chi connectivity index (χ0v) is 7.56. The summed E-state index contributed by atoms with van der Waals surface area (Å²) in [7, 11) is 0. The van der Waals surface area contributed by atoms with Crippen LogP contribution < -0.4 is 5.32 Å². The van der Waals surface area contributed by atoms with Crippen molar-refractivity contribution in [1.29, 1.82) is 0 Å². The molecule has 1 saturated carbocycles. The molecule has 76 valence electrons. The third-order valence-corrected chi connectivity index (χ3v) is 2.18. The number of para-hydroxylation sites is 2. The first-order chi connectivity index (χ1) is 7.11. The molecule has 0 unspecified atom stereocenters. The Balaban J connectivity index is 2.18. The Labute approximate surface area is 84.7 Å². The number of carbonyl (C=O) groups is 3. The predicted octanol–water partition coefficient (Wildman–Crippen LogP) is -0.106. The molecule has 1 aliphatic rings. The molecule has 0 heterocycles. The van der Waals surface area contributed by atoms with Crippen molar-refractivity contribution < 1.29 is 19.5 Å². The zero-order chi connectivity index (χ0) is 11.0. The van der Waals surface area contributed by atoms with Crippen molar-refractivity contribution in [3.05, 3.63) is 24.3 Å². The lowest BCUT2D eigenvalue weighted by atomic mass is 9.87. The lowest BCUT2D eigenvalue weighted by molar-refractivity contribution is -0.152. The van der Waals surface area contributed by atoms with E-state index in [9.17, 15) is 19.5 Å². The van der Waals surface area contributed by atoms with Crippen LogP contribution >= 0.6 is 0 Å². The van der Waals surface area contributed by atoms with Crippen LogP contribution in [0.15, 0.2) is 24.3 Å². The molecule has 1 aliphatic carbocycles. The van der Waals surface area contributed by atoms with Crippen molar-refractivity contribution in [1.82, 2.24) is 0 Å². The Bertz CT molecular complexity index is 448. The molecule has 0 bridgehead atoms. The molecule has 0 aliphatic heterocycles. The summed E-state index contributed by atoms with van der Waals surface area (Å²) < 4.78 is 0. The van der Waals surface area contributed by atoms with Crippen LogP contribution in [0.3, 0.4) is 0 Å². The van der Waals surface area contributed by atoms with Crippen LogP contribution in [0.25, 0.3) is 0 Å². The fraction of sp³-hybridized carbons (Fsp3) is 0.100. The number of phenolic OH excluding ortho intramolecular Hbond substituents is 1. The van der Waals surface area contributed by atoms with Gasteiger partial charge >= 0.3 is 0 Å². The van der Waals surface area contributed by atoms with Crippen LogP contribution in [0, 0.1) is 0 Å². The highest BCUT2D eigenvalue weighted by molar-refractivity contribution is 6.79. The summed E-state index contributed by atoms with van der Waals surface area (Å²) in [5.41, 5.74) is 0.261. The van der Waals surface area contributed by atoms with Crippen molar-refractivity contribution in [3.8, 4) is 5.75 Å². The molecule has 0 aromatic heterocycles. The van der Waals surface area contributed by atoms with Gasteiger partial charge in [-0.05, 0) is 12.1 Å². The SMILES string of the molecule is O=C1C(=O)C(Nc2ccccc2O)C1=O. The summed E-state index contributed by atoms with van der Waals surface area (Å²) in [5.74, 6) is -2.58. The fourth-order valence-electron chi connectivity index (χ4n) is 1.31. The van der Waals surface area contributed by atoms with Gasteiger partial charge in [-0.15, -0.1) is 0 Å². The Morgan fingerprint density at radius 2 is 1.67 bits per heavy atom. The Kier molecular flexibility index (Phi) is 2.00. The number of Topliss-reactive ketones (excluding diaryl/α,β-unsaturated/α-hetero) is 3. The first-order valence-electron chi connectivity index (χ1n) is 4.28. The number of aromatic hydroxyl groups is 1. The van der Waals surface area contributed by atoms with Gasteiger partial charge in [-0.25, -0.2) is 0 Å². The fourth-order valence-corrected chi connectivity index (χ4v) is 1.31. The van der Waals surface area contributed by atoms with Crippen LogP contribution in [0.5, 0.6) is 5.75 Å². The Hall–Kier alpha value is -2.17. The maximum absolute atomic E-state index is 11.0. The molecule has 1 aromatic carbocycles. The molecule has 0 spiro atoms. The van der Waals surface area contributed by atoms with Gasteiger partial charge < -0.3 is 10.4 Å². The lowest BCUT2D eigenvalue weighted by Gasteiger charge is -2.22. The van der Waals surface area contributed by atoms with Crippen LogP contribution in [0.2, 0.25) is 0 Å². The van der Waals surface area contributed by atoms with Gasteiger partial charge in [0, 0.05) is 0 Å². The van der Waals surface area contributed by atoms with Gasteiger partial charge in [-0.1, -0.05) is 12.1 Å². The number of benzene rings is 1. The van der Waals surface area contributed by atoms with Crippen molar-refractivity contribution in [2.75, 3.05) is 5.32 Å². The average molecular weight is 205 g/mol. The molecule has 15 heavy (non-hydrogen) atoms. The number of carbonyl (C=O) groups excluding carboxylic acids is 3. The van der Waals surface area contributed by atoms with E-state index in [1.807, 2.05) is 0 Å². The first-order valence-corrected chi connectivity index (χ1v) is 4.28. The molecule has 0 radical (unpaired) electrons. The van der Waals surface area contributed by atoms with Gasteiger partial charge in [0.25, 0.3) is 5.78 Å². The van der Waals surface area contributed by atoms with Crippen LogP contribution in [-0.4, -0.2) is 28.5 Å². The quantitative estimate of drug-likeness (QED) is 0.400. The number of hydrogen-bond donors (Lipinski definition) is 2. The van der Waals surface area contributed by atoms with E-state index in [0.29, 0.717) is 0 Å². The number of rotatable bonds is 2. The standard InChI is InChI=1S/C10H7NO4/c12-6-4-2-1-3-5(6)11-7-8(13)10(15)9(7)14/h1-4,7,11-12H. The minimum absolute atomic E-state index is 0.0718. The van der Waals surface area contributed by atoms with E-state index >= 15 is 0 Å². The first kappa shape index (κ1) is 9.39. The predicted molar refractivity (Wildman–Crippen MR) is 50.5 cm³/mol. The minimum atomic E-state index is -1.13. The monoisotopic (exact) mass is 205 g/mol. The Morgan fingerprint density at radius 3 is 2.27 bits per heavy atom. The summed E-state index contributed by atoms with van der Waals surface area (Å²) in [6, 6.07) is 5.04. The van der Waals surface area contributed by atoms with E-state index in [1.54, 1.807) is 12.1 Å². The van der Waals surface area contributed by atoms with E-state index in [-0.39, 0.29) is 11.4 Å². The second-order valence-corrected chi connectivity index (χ2v) is 3.15. The average Bonchev–Trinajstić information content (AvgIpc) is 2.26. The summed E-state index contributed by atoms with van der Waals surface area (Å²) >= 11 is 0. The lowest BCUT2D eigenvalue weighted by Crippen LogP contribution is -2.57. The van der Waals surface area contributed by atoms with Gasteiger partial charge in [0.2, 0.25) is 11.6 Å². The summed E-state index contributed by atoms with van der Waals surface area (Å²) in [6.45, 7) is 0. The molecule has 0 atom stereocenters. The summed E-state index contributed by atoms with van der Waals surface area (Å²) in [4.78, 5) is 32.6. The van der Waals surface area contributed by atoms with Gasteiger partial charge in [0.15, 0.2) is 6.04 Å². The van der Waals surface area contributed by atoms with Gasteiger partial charge in [-0.2, -0.15) is 0 Å². The van der Waals surface area contributed by atoms with Crippen LogP contribution in [0.1, 0.15) is 0 Å². The summed E-state index contributed by atoms with van der Waals surface area (Å²) in [5, 5.41) is 11.9. The second-order valence-electron chi connectivity index (χ2n) is 3.15. The molecule has 2 N–H and O–H groups in total. The zero-order valence-electron chi connectivity index (χ0n) is 7.56. The molecule has 1 fully saturated rings. The van der Waals surface area contributed by atoms with Crippen molar-refractivity contribution in [3.63, 3.8) is 0 Å². The van der Waals surface area contributed by atoms with Crippen molar-refractivity contribution >= 4 is 23.0 Å². The molecule has 0 amide bonds. The topological polar surface area (TPSA) is 83.5 Å². The van der Waals surface area contributed by atoms with Crippen LogP contribution in [-0.2, 0) is 14.4 Å². The number of anilines is 1. The third kappa shape index (κ3) is 1.38. The molecular weight excluding hydrogens is 198 g/mol.